The molecule has 0 aromatic carbocycles. The summed E-state index contributed by atoms with van der Waals surface area (Å²) in [6.07, 6.45) is 10.4. The van der Waals surface area contributed by atoms with Crippen molar-refractivity contribution in [2.24, 2.45) is 5.92 Å². The van der Waals surface area contributed by atoms with Crippen LogP contribution in [0.5, 0.6) is 0 Å². The second-order valence-electron chi connectivity index (χ2n) is 7.39. The van der Waals surface area contributed by atoms with Gasteiger partial charge in [0.15, 0.2) is 0 Å². The van der Waals surface area contributed by atoms with Gasteiger partial charge in [-0.2, -0.15) is 0 Å². The molecule has 8 heteroatoms. The Hall–Kier alpha value is -3.13. The minimum atomic E-state index is -0.205. The van der Waals surface area contributed by atoms with Crippen molar-refractivity contribution in [2.75, 3.05) is 19.6 Å². The molecule has 0 spiro atoms. The minimum absolute atomic E-state index is 0.0303. The van der Waals surface area contributed by atoms with E-state index in [1.807, 2.05) is 12.1 Å². The Morgan fingerprint density at radius 2 is 1.86 bits per heavy atom. The van der Waals surface area contributed by atoms with Crippen molar-refractivity contribution < 1.29 is 0 Å². The third-order valence-corrected chi connectivity index (χ3v) is 5.44. The highest BCUT2D eigenvalue weighted by molar-refractivity contribution is 5.56. The molecule has 8 nitrogen and oxygen atoms in total. The predicted octanol–water partition coefficient (Wildman–Crippen LogP) is 1.27. The lowest BCUT2D eigenvalue weighted by Crippen LogP contribution is -2.39. The molecule has 0 saturated carbocycles. The first-order valence-corrected chi connectivity index (χ1v) is 9.90. The van der Waals surface area contributed by atoms with E-state index in [-0.39, 0.29) is 11.2 Å². The molecule has 1 fully saturated rings. The van der Waals surface area contributed by atoms with Gasteiger partial charge in [-0.1, -0.05) is 0 Å². The van der Waals surface area contributed by atoms with Crippen molar-refractivity contribution in [3.8, 4) is 11.3 Å². The molecule has 0 atom stereocenters. The maximum atomic E-state index is 12.5. The van der Waals surface area contributed by atoms with Crippen molar-refractivity contribution >= 4 is 0 Å². The zero-order valence-corrected chi connectivity index (χ0v) is 16.2. The van der Waals surface area contributed by atoms with Gasteiger partial charge in [0.1, 0.15) is 0 Å². The Morgan fingerprint density at radius 3 is 2.59 bits per heavy atom. The standard InChI is InChI=1S/C21H24N6O2/c28-20-13-19(18-3-1-6-22-14-18)24-16-27(20)15-17-4-9-25(10-5-17)11-12-26-8-2-7-23-21(26)29/h1-3,6-8,13-14,16-17H,4-5,9-12,15H2. The lowest BCUT2D eigenvalue weighted by molar-refractivity contribution is 0.167. The number of nitrogens with zero attached hydrogens (tertiary/aromatic N) is 6. The summed E-state index contributed by atoms with van der Waals surface area (Å²) >= 11 is 0. The van der Waals surface area contributed by atoms with Gasteiger partial charge >= 0.3 is 5.69 Å². The Balaban J connectivity index is 1.30. The van der Waals surface area contributed by atoms with Gasteiger partial charge in [-0.05, 0) is 50.0 Å². The van der Waals surface area contributed by atoms with Gasteiger partial charge in [0.25, 0.3) is 5.56 Å². The maximum Gasteiger partial charge on any atom is 0.347 e. The smallest absolute Gasteiger partial charge is 0.302 e. The Bertz CT molecular complexity index is 1050. The molecule has 1 saturated heterocycles. The van der Waals surface area contributed by atoms with Crippen LogP contribution in [0.2, 0.25) is 0 Å². The number of likely N-dealkylation sites (tertiary alicyclic amines) is 1. The average Bonchev–Trinajstić information content (AvgIpc) is 2.76. The SMILES string of the molecule is O=c1cc(-c2cccnc2)ncn1CC1CCN(CCn2cccnc2=O)CC1. The molecule has 29 heavy (non-hydrogen) atoms. The van der Waals surface area contributed by atoms with Gasteiger partial charge in [-0.25, -0.2) is 14.8 Å². The highest BCUT2D eigenvalue weighted by atomic mass is 16.1. The highest BCUT2D eigenvalue weighted by Crippen LogP contribution is 2.19. The van der Waals surface area contributed by atoms with E-state index in [0.29, 0.717) is 24.7 Å². The molecular weight excluding hydrogens is 368 g/mol. The van der Waals surface area contributed by atoms with E-state index < -0.39 is 0 Å². The number of hydrogen-bond acceptors (Lipinski definition) is 6. The molecule has 0 amide bonds. The van der Waals surface area contributed by atoms with Crippen LogP contribution in [0.4, 0.5) is 0 Å². The van der Waals surface area contributed by atoms with Crippen molar-refractivity contribution in [3.05, 3.63) is 76.2 Å². The predicted molar refractivity (Wildman–Crippen MR) is 109 cm³/mol. The van der Waals surface area contributed by atoms with E-state index >= 15 is 0 Å². The van der Waals surface area contributed by atoms with Crippen LogP contribution in [0.1, 0.15) is 12.8 Å². The Morgan fingerprint density at radius 1 is 1.00 bits per heavy atom. The topological polar surface area (TPSA) is 85.9 Å². The van der Waals surface area contributed by atoms with E-state index in [4.69, 9.17) is 0 Å². The molecule has 0 unspecified atom stereocenters. The summed E-state index contributed by atoms with van der Waals surface area (Å²) in [6, 6.07) is 7.09. The summed E-state index contributed by atoms with van der Waals surface area (Å²) in [6.45, 7) is 4.11. The van der Waals surface area contributed by atoms with E-state index in [0.717, 1.165) is 38.0 Å². The first kappa shape index (κ1) is 19.2. The first-order chi connectivity index (χ1) is 14.2. The maximum absolute atomic E-state index is 12.5. The van der Waals surface area contributed by atoms with Gasteiger partial charge in [0.2, 0.25) is 0 Å². The van der Waals surface area contributed by atoms with E-state index in [2.05, 4.69) is 19.9 Å². The Kier molecular flexibility index (Phi) is 5.90. The molecule has 0 aliphatic carbocycles. The van der Waals surface area contributed by atoms with Crippen molar-refractivity contribution in [2.45, 2.75) is 25.9 Å². The summed E-state index contributed by atoms with van der Waals surface area (Å²) in [4.78, 5) is 38.8. The van der Waals surface area contributed by atoms with Gasteiger partial charge in [-0.15, -0.1) is 0 Å². The summed E-state index contributed by atoms with van der Waals surface area (Å²) in [5, 5.41) is 0. The van der Waals surface area contributed by atoms with Gasteiger partial charge < -0.3 is 4.90 Å². The quantitative estimate of drug-likeness (QED) is 0.628. The molecular formula is C21H24N6O2. The molecule has 3 aromatic rings. The molecule has 150 valence electrons. The van der Waals surface area contributed by atoms with Crippen LogP contribution in [-0.4, -0.2) is 48.6 Å². The normalized spacial score (nSPS) is 15.4. The molecule has 3 aromatic heterocycles. The molecule has 0 bridgehead atoms. The van der Waals surface area contributed by atoms with Gasteiger partial charge in [0, 0.05) is 56.1 Å². The van der Waals surface area contributed by atoms with Gasteiger partial charge in [-0.3, -0.25) is 18.9 Å². The number of aromatic nitrogens is 5. The lowest BCUT2D eigenvalue weighted by atomic mass is 9.96. The van der Waals surface area contributed by atoms with Crippen molar-refractivity contribution in [1.29, 1.82) is 0 Å². The van der Waals surface area contributed by atoms with E-state index in [9.17, 15) is 9.59 Å². The van der Waals surface area contributed by atoms with E-state index in [1.165, 1.54) is 6.20 Å². The van der Waals surface area contributed by atoms with Crippen LogP contribution in [-0.2, 0) is 13.1 Å². The zero-order valence-electron chi connectivity index (χ0n) is 16.2. The fourth-order valence-electron chi connectivity index (χ4n) is 3.71. The van der Waals surface area contributed by atoms with Gasteiger partial charge in [0.05, 0.1) is 12.0 Å². The number of rotatable bonds is 6. The summed E-state index contributed by atoms with van der Waals surface area (Å²) in [7, 11) is 0. The lowest BCUT2D eigenvalue weighted by Gasteiger charge is -2.32. The number of piperidine rings is 1. The largest absolute Gasteiger partial charge is 0.347 e. The minimum Gasteiger partial charge on any atom is -0.302 e. The zero-order chi connectivity index (χ0) is 20.1. The van der Waals surface area contributed by atoms with Crippen LogP contribution >= 0.6 is 0 Å². The second kappa shape index (κ2) is 8.91. The van der Waals surface area contributed by atoms with Crippen LogP contribution in [0, 0.1) is 5.92 Å². The molecule has 0 radical (unpaired) electrons. The van der Waals surface area contributed by atoms with Crippen molar-refractivity contribution in [1.82, 2.24) is 29.0 Å². The third kappa shape index (κ3) is 4.83. The molecule has 4 rings (SSSR count). The average molecular weight is 392 g/mol. The molecule has 0 N–H and O–H groups in total. The third-order valence-electron chi connectivity index (χ3n) is 5.44. The fraction of sp³-hybridized carbons (Fsp3) is 0.381. The van der Waals surface area contributed by atoms with E-state index in [1.54, 1.807) is 46.2 Å². The Labute approximate surface area is 168 Å². The van der Waals surface area contributed by atoms with Crippen LogP contribution < -0.4 is 11.2 Å². The number of pyridine rings is 1. The second-order valence-corrected chi connectivity index (χ2v) is 7.39. The van der Waals surface area contributed by atoms with Crippen LogP contribution in [0.25, 0.3) is 11.3 Å². The first-order valence-electron chi connectivity index (χ1n) is 9.90. The van der Waals surface area contributed by atoms with Crippen LogP contribution in [0.15, 0.2) is 65.0 Å². The van der Waals surface area contributed by atoms with Crippen LogP contribution in [0.3, 0.4) is 0 Å². The summed E-state index contributed by atoms with van der Waals surface area (Å²) in [5.41, 5.74) is 1.26. The van der Waals surface area contributed by atoms with Crippen molar-refractivity contribution in [3.63, 3.8) is 0 Å². The monoisotopic (exact) mass is 392 g/mol. The molecule has 4 heterocycles. The fourth-order valence-corrected chi connectivity index (χ4v) is 3.71. The highest BCUT2D eigenvalue weighted by Gasteiger charge is 2.20. The summed E-state index contributed by atoms with van der Waals surface area (Å²) in [5.74, 6) is 0.455. The number of hydrogen-bond donors (Lipinski definition) is 0. The summed E-state index contributed by atoms with van der Waals surface area (Å²) < 4.78 is 3.34. The molecule has 1 aliphatic rings. The molecule has 1 aliphatic heterocycles.